The van der Waals surface area contributed by atoms with Crippen LogP contribution in [0.5, 0.6) is 0 Å². The molecule has 2 saturated heterocycles. The Hall–Kier alpha value is -4.74. The van der Waals surface area contributed by atoms with Crippen molar-refractivity contribution in [2.75, 3.05) is 61.4 Å². The Kier molecular flexibility index (Phi) is 14.0. The van der Waals surface area contributed by atoms with E-state index < -0.39 is 51.9 Å². The van der Waals surface area contributed by atoms with E-state index in [1.165, 1.54) is 6.07 Å². The number of alkyl halides is 3. The van der Waals surface area contributed by atoms with E-state index in [2.05, 4.69) is 37.3 Å². The number of aromatic nitrogens is 2. The van der Waals surface area contributed by atoms with Crippen LogP contribution in [0.15, 0.2) is 30.3 Å². The molecule has 0 bridgehead atoms. The Labute approximate surface area is 299 Å². The summed E-state index contributed by atoms with van der Waals surface area (Å²) in [6, 6.07) is 7.94. The maximum atomic E-state index is 14.0. The van der Waals surface area contributed by atoms with Crippen molar-refractivity contribution in [1.29, 1.82) is 5.26 Å². The standard InChI is InChI=1S/C32H43F3N10O6S/c33-32(34,35)30-42-26(18-27(43-30)45-15-1-2-25(45)29(47)38-11-7-21-3-5-23(19-36)6-4-21)44-16-9-22(10-17-44)8-12-40-31(48)41-14-13-39-28(46)24(37)20-52(49,50)51/h3-6,18,22,24-25H,1-2,7-17,20,37H2,(H,38,47)(H,39,46)(H2,40,41,48)(H,49,50,51)/t24-,25-/m0/s1. The molecule has 0 spiro atoms. The molecule has 20 heteroatoms. The Morgan fingerprint density at radius 3 is 2.27 bits per heavy atom. The molecule has 0 radical (unpaired) electrons. The first-order chi connectivity index (χ1) is 24.6. The van der Waals surface area contributed by atoms with E-state index in [1.54, 1.807) is 21.9 Å². The SMILES string of the molecule is N#Cc1ccc(CCNC(=O)[C@@H]2CCCN2c2cc(N3CCC(CCNC(=O)NCCNC(=O)[C@@H](N)CS(=O)(=O)O)CC3)nc(C(F)(F)F)n2)cc1. The fourth-order valence-corrected chi connectivity index (χ4v) is 6.67. The molecule has 2 atom stereocenters. The van der Waals surface area contributed by atoms with E-state index in [9.17, 15) is 36.0 Å². The van der Waals surface area contributed by atoms with Gasteiger partial charge in [-0.25, -0.2) is 14.8 Å². The maximum Gasteiger partial charge on any atom is 0.451 e. The highest BCUT2D eigenvalue weighted by Crippen LogP contribution is 2.34. The van der Waals surface area contributed by atoms with Crippen molar-refractivity contribution in [2.24, 2.45) is 11.7 Å². The van der Waals surface area contributed by atoms with Crippen molar-refractivity contribution in [3.63, 3.8) is 0 Å². The number of piperidine rings is 1. The third-order valence-electron chi connectivity index (χ3n) is 8.81. The highest BCUT2D eigenvalue weighted by Gasteiger charge is 2.39. The predicted molar refractivity (Wildman–Crippen MR) is 184 cm³/mol. The lowest BCUT2D eigenvalue weighted by molar-refractivity contribution is -0.144. The summed E-state index contributed by atoms with van der Waals surface area (Å²) in [6.45, 7) is 1.92. The van der Waals surface area contributed by atoms with Gasteiger partial charge in [0.2, 0.25) is 17.6 Å². The number of halogens is 3. The Morgan fingerprint density at radius 2 is 1.62 bits per heavy atom. The number of nitrogens with two attached hydrogens (primary N) is 1. The third kappa shape index (κ3) is 12.2. The lowest BCUT2D eigenvalue weighted by Crippen LogP contribution is -2.47. The lowest BCUT2D eigenvalue weighted by atomic mass is 9.93. The molecule has 4 rings (SSSR count). The number of carbonyl (C=O) groups excluding carboxylic acids is 3. The number of hydrogen-bond acceptors (Lipinski definition) is 11. The summed E-state index contributed by atoms with van der Waals surface area (Å²) in [5.74, 6) is -2.93. The van der Waals surface area contributed by atoms with E-state index in [0.717, 1.165) is 5.56 Å². The highest BCUT2D eigenvalue weighted by molar-refractivity contribution is 7.85. The second kappa shape index (κ2) is 18.1. The normalized spacial score (nSPS) is 17.3. The number of hydrogen-bond donors (Lipinski definition) is 6. The first-order valence-electron chi connectivity index (χ1n) is 16.9. The van der Waals surface area contributed by atoms with Gasteiger partial charge in [0.25, 0.3) is 10.1 Å². The number of urea groups is 1. The van der Waals surface area contributed by atoms with Crippen LogP contribution >= 0.6 is 0 Å². The quantitative estimate of drug-likeness (QED) is 0.110. The molecule has 0 saturated carbocycles. The molecule has 2 aliphatic rings. The molecule has 0 unspecified atom stereocenters. The topological polar surface area (TPSA) is 236 Å². The van der Waals surface area contributed by atoms with Gasteiger partial charge in [-0.15, -0.1) is 0 Å². The van der Waals surface area contributed by atoms with Crippen molar-refractivity contribution in [1.82, 2.24) is 31.2 Å². The fraction of sp³-hybridized carbons (Fsp3) is 0.562. The molecule has 0 aliphatic carbocycles. The van der Waals surface area contributed by atoms with Gasteiger partial charge in [0.05, 0.1) is 17.4 Å². The minimum atomic E-state index is -4.80. The van der Waals surface area contributed by atoms with Crippen LogP contribution in [0, 0.1) is 17.2 Å². The summed E-state index contributed by atoms with van der Waals surface area (Å²) in [4.78, 5) is 48.1. The van der Waals surface area contributed by atoms with E-state index in [1.807, 2.05) is 12.1 Å². The molecule has 4 amide bonds. The predicted octanol–water partition coefficient (Wildman–Crippen LogP) is 0.932. The number of carbonyl (C=O) groups is 3. The van der Waals surface area contributed by atoms with E-state index >= 15 is 0 Å². The second-order valence-electron chi connectivity index (χ2n) is 12.7. The van der Waals surface area contributed by atoms with Crippen LogP contribution in [0.1, 0.15) is 49.1 Å². The number of benzene rings is 1. The average Bonchev–Trinajstić information content (AvgIpc) is 3.60. The smallest absolute Gasteiger partial charge is 0.356 e. The molecule has 16 nitrogen and oxygen atoms in total. The minimum absolute atomic E-state index is 0.0165. The number of nitriles is 1. The number of nitrogens with one attached hydrogen (secondary N) is 4. The molecular formula is C32H43F3N10O6S. The number of amides is 4. The van der Waals surface area contributed by atoms with Crippen LogP contribution in [0.3, 0.4) is 0 Å². The van der Waals surface area contributed by atoms with Gasteiger partial charge in [0, 0.05) is 51.9 Å². The summed E-state index contributed by atoms with van der Waals surface area (Å²) in [5.41, 5.74) is 6.87. The molecule has 1 aromatic heterocycles. The molecule has 52 heavy (non-hydrogen) atoms. The van der Waals surface area contributed by atoms with Crippen molar-refractivity contribution in [2.45, 2.75) is 56.8 Å². The molecule has 2 fully saturated rings. The van der Waals surface area contributed by atoms with Gasteiger partial charge in [-0.1, -0.05) is 12.1 Å². The van der Waals surface area contributed by atoms with Crippen LogP contribution < -0.4 is 36.8 Å². The van der Waals surface area contributed by atoms with Crippen molar-refractivity contribution < 1.29 is 40.5 Å². The van der Waals surface area contributed by atoms with Crippen LogP contribution in [0.2, 0.25) is 0 Å². The summed E-state index contributed by atoms with van der Waals surface area (Å²) in [5, 5.41) is 19.5. The van der Waals surface area contributed by atoms with Gasteiger partial charge in [-0.3, -0.25) is 14.1 Å². The molecule has 3 heterocycles. The molecular weight excluding hydrogens is 709 g/mol. The first kappa shape index (κ1) is 40.0. The van der Waals surface area contributed by atoms with Crippen molar-refractivity contribution in [3.05, 3.63) is 47.3 Å². The fourth-order valence-electron chi connectivity index (χ4n) is 6.06. The largest absolute Gasteiger partial charge is 0.451 e. The highest BCUT2D eigenvalue weighted by atomic mass is 32.2. The second-order valence-corrected chi connectivity index (χ2v) is 14.2. The summed E-state index contributed by atoms with van der Waals surface area (Å²) in [6.07, 6.45) is -1.28. The zero-order valence-electron chi connectivity index (χ0n) is 28.4. The zero-order chi connectivity index (χ0) is 37.9. The molecule has 1 aromatic carbocycles. The minimum Gasteiger partial charge on any atom is -0.356 e. The summed E-state index contributed by atoms with van der Waals surface area (Å²) in [7, 11) is -4.41. The first-order valence-corrected chi connectivity index (χ1v) is 18.5. The Balaban J connectivity index is 1.24. The van der Waals surface area contributed by atoms with Crippen LogP contribution in [-0.4, -0.2) is 104 Å². The third-order valence-corrected chi connectivity index (χ3v) is 9.59. The number of anilines is 2. The van der Waals surface area contributed by atoms with Gasteiger partial charge in [0.1, 0.15) is 23.7 Å². The summed E-state index contributed by atoms with van der Waals surface area (Å²) < 4.78 is 72.3. The van der Waals surface area contributed by atoms with Crippen LogP contribution in [0.4, 0.5) is 29.6 Å². The molecule has 2 aliphatic heterocycles. The monoisotopic (exact) mass is 752 g/mol. The van der Waals surface area contributed by atoms with Crippen molar-refractivity contribution in [3.8, 4) is 6.07 Å². The van der Waals surface area contributed by atoms with Crippen LogP contribution in [0.25, 0.3) is 0 Å². The zero-order valence-corrected chi connectivity index (χ0v) is 29.2. The van der Waals surface area contributed by atoms with E-state index in [0.29, 0.717) is 76.8 Å². The van der Waals surface area contributed by atoms with Crippen molar-refractivity contribution >= 4 is 39.6 Å². The van der Waals surface area contributed by atoms with E-state index in [-0.39, 0.29) is 36.6 Å². The molecule has 284 valence electrons. The lowest BCUT2D eigenvalue weighted by Gasteiger charge is -2.34. The Bertz CT molecular complexity index is 1700. The Morgan fingerprint density at radius 1 is 0.962 bits per heavy atom. The summed E-state index contributed by atoms with van der Waals surface area (Å²) >= 11 is 0. The van der Waals surface area contributed by atoms with Crippen LogP contribution in [-0.2, 0) is 32.3 Å². The van der Waals surface area contributed by atoms with Gasteiger partial charge in [0.15, 0.2) is 0 Å². The number of rotatable bonds is 15. The van der Waals surface area contributed by atoms with Gasteiger partial charge < -0.3 is 36.8 Å². The van der Waals surface area contributed by atoms with Gasteiger partial charge in [-0.2, -0.15) is 26.9 Å². The van der Waals surface area contributed by atoms with Gasteiger partial charge in [-0.05, 0) is 62.1 Å². The van der Waals surface area contributed by atoms with E-state index in [4.69, 9.17) is 15.5 Å². The molecule has 7 N–H and O–H groups in total. The molecule has 2 aromatic rings. The number of nitrogens with zero attached hydrogens (tertiary/aromatic N) is 5. The van der Waals surface area contributed by atoms with Gasteiger partial charge >= 0.3 is 12.2 Å². The average molecular weight is 753 g/mol. The maximum absolute atomic E-state index is 14.0.